The molecule has 4 heteroatoms. The fourth-order valence-electron chi connectivity index (χ4n) is 1.00. The highest BCUT2D eigenvalue weighted by atomic mass is 35.5. The van der Waals surface area contributed by atoms with Crippen LogP contribution in [0.15, 0.2) is 18.2 Å². The van der Waals surface area contributed by atoms with Crippen molar-refractivity contribution in [3.63, 3.8) is 0 Å². The van der Waals surface area contributed by atoms with E-state index in [4.69, 9.17) is 22.1 Å². The summed E-state index contributed by atoms with van der Waals surface area (Å²) in [4.78, 5) is 0. The summed E-state index contributed by atoms with van der Waals surface area (Å²) in [6.45, 7) is -0.595. The van der Waals surface area contributed by atoms with Gasteiger partial charge in [-0.25, -0.2) is 4.39 Å². The molecule has 0 saturated carbocycles. The van der Waals surface area contributed by atoms with Gasteiger partial charge in [-0.05, 0) is 17.7 Å². The first-order chi connectivity index (χ1) is 6.19. The number of methoxy groups -OCH3 is 1. The van der Waals surface area contributed by atoms with Crippen molar-refractivity contribution in [3.8, 4) is 5.75 Å². The third-order valence-electron chi connectivity index (χ3n) is 1.77. The van der Waals surface area contributed by atoms with Gasteiger partial charge in [0.1, 0.15) is 12.4 Å². The second-order valence-corrected chi connectivity index (χ2v) is 3.06. The maximum absolute atomic E-state index is 12.2. The maximum atomic E-state index is 12.2. The zero-order valence-electron chi connectivity index (χ0n) is 7.26. The topological polar surface area (TPSA) is 35.2 Å². The van der Waals surface area contributed by atoms with E-state index in [1.165, 1.54) is 7.11 Å². The molecule has 0 heterocycles. The fraction of sp³-hybridized carbons (Fsp3) is 0.333. The van der Waals surface area contributed by atoms with Crippen LogP contribution in [0.1, 0.15) is 11.6 Å². The molecular weight excluding hydrogens is 193 g/mol. The first-order valence-electron chi connectivity index (χ1n) is 3.84. The summed E-state index contributed by atoms with van der Waals surface area (Å²) in [5, 5.41) is 0.448. The molecule has 1 atom stereocenters. The van der Waals surface area contributed by atoms with E-state index in [9.17, 15) is 4.39 Å². The molecule has 2 N–H and O–H groups in total. The van der Waals surface area contributed by atoms with Crippen LogP contribution < -0.4 is 10.5 Å². The Morgan fingerprint density at radius 2 is 2.31 bits per heavy atom. The molecule has 72 valence electrons. The summed E-state index contributed by atoms with van der Waals surface area (Å²) in [6.07, 6.45) is 0. The van der Waals surface area contributed by atoms with Gasteiger partial charge in [-0.2, -0.15) is 0 Å². The van der Waals surface area contributed by atoms with Crippen molar-refractivity contribution in [1.29, 1.82) is 0 Å². The molecule has 1 unspecified atom stereocenters. The standard InChI is InChI=1S/C9H11ClFNO/c1-13-9-3-2-6(4-7(9)10)8(12)5-11/h2-4,8H,5,12H2,1H3. The van der Waals surface area contributed by atoms with E-state index in [2.05, 4.69) is 0 Å². The molecule has 1 rings (SSSR count). The van der Waals surface area contributed by atoms with Crippen LogP contribution in [0.3, 0.4) is 0 Å². The average molecular weight is 204 g/mol. The van der Waals surface area contributed by atoms with Gasteiger partial charge in [0.25, 0.3) is 0 Å². The molecule has 0 aliphatic heterocycles. The number of rotatable bonds is 3. The Hall–Kier alpha value is -0.800. The molecular formula is C9H11ClFNO. The predicted molar refractivity (Wildman–Crippen MR) is 50.9 cm³/mol. The van der Waals surface area contributed by atoms with Crippen molar-refractivity contribution in [1.82, 2.24) is 0 Å². The first kappa shape index (κ1) is 10.3. The Kier molecular flexibility index (Phi) is 3.51. The van der Waals surface area contributed by atoms with E-state index < -0.39 is 12.7 Å². The molecule has 0 saturated heterocycles. The van der Waals surface area contributed by atoms with Crippen LogP contribution in [0.25, 0.3) is 0 Å². The lowest BCUT2D eigenvalue weighted by Gasteiger charge is -2.09. The largest absolute Gasteiger partial charge is 0.495 e. The quantitative estimate of drug-likeness (QED) is 0.819. The number of ether oxygens (including phenoxy) is 1. The summed E-state index contributed by atoms with van der Waals surface area (Å²) in [6, 6.07) is 4.38. The summed E-state index contributed by atoms with van der Waals surface area (Å²) in [7, 11) is 1.52. The van der Waals surface area contributed by atoms with Crippen molar-refractivity contribution < 1.29 is 9.13 Å². The van der Waals surface area contributed by atoms with Crippen LogP contribution in [0.4, 0.5) is 4.39 Å². The van der Waals surface area contributed by atoms with Crippen LogP contribution in [0.2, 0.25) is 5.02 Å². The highest BCUT2D eigenvalue weighted by Gasteiger charge is 2.07. The molecule has 0 bridgehead atoms. The summed E-state index contributed by atoms with van der Waals surface area (Å²) >= 11 is 5.83. The Morgan fingerprint density at radius 3 is 2.77 bits per heavy atom. The first-order valence-corrected chi connectivity index (χ1v) is 4.21. The van der Waals surface area contributed by atoms with Gasteiger partial charge in [-0.1, -0.05) is 17.7 Å². The third-order valence-corrected chi connectivity index (χ3v) is 2.07. The average Bonchev–Trinajstić information content (AvgIpc) is 2.16. The van der Waals surface area contributed by atoms with E-state index in [0.29, 0.717) is 16.3 Å². The molecule has 0 aliphatic rings. The number of halogens is 2. The highest BCUT2D eigenvalue weighted by molar-refractivity contribution is 6.32. The van der Waals surface area contributed by atoms with E-state index in [1.54, 1.807) is 18.2 Å². The Morgan fingerprint density at radius 1 is 1.62 bits per heavy atom. The number of hydrogen-bond donors (Lipinski definition) is 1. The third kappa shape index (κ3) is 2.32. The van der Waals surface area contributed by atoms with Crippen LogP contribution in [-0.4, -0.2) is 13.8 Å². The minimum Gasteiger partial charge on any atom is -0.495 e. The van der Waals surface area contributed by atoms with Crippen LogP contribution in [0.5, 0.6) is 5.75 Å². The fourth-order valence-corrected chi connectivity index (χ4v) is 1.27. The second kappa shape index (κ2) is 4.44. The van der Waals surface area contributed by atoms with E-state index in [1.807, 2.05) is 0 Å². The highest BCUT2D eigenvalue weighted by Crippen LogP contribution is 2.26. The minimum absolute atomic E-state index is 0.448. The minimum atomic E-state index is -0.608. The Bertz CT molecular complexity index is 293. The molecule has 0 fully saturated rings. The molecule has 0 aromatic heterocycles. The molecule has 0 aliphatic carbocycles. The van der Waals surface area contributed by atoms with Crippen molar-refractivity contribution in [2.24, 2.45) is 5.73 Å². The number of alkyl halides is 1. The van der Waals surface area contributed by atoms with Crippen LogP contribution in [0, 0.1) is 0 Å². The van der Waals surface area contributed by atoms with Gasteiger partial charge in [-0.3, -0.25) is 0 Å². The van der Waals surface area contributed by atoms with Gasteiger partial charge in [0.15, 0.2) is 0 Å². The van der Waals surface area contributed by atoms with Gasteiger partial charge in [0.05, 0.1) is 18.2 Å². The van der Waals surface area contributed by atoms with Gasteiger partial charge < -0.3 is 10.5 Å². The number of hydrogen-bond acceptors (Lipinski definition) is 2. The second-order valence-electron chi connectivity index (χ2n) is 2.65. The zero-order chi connectivity index (χ0) is 9.84. The van der Waals surface area contributed by atoms with Gasteiger partial charge >= 0.3 is 0 Å². The van der Waals surface area contributed by atoms with Gasteiger partial charge in [-0.15, -0.1) is 0 Å². The number of nitrogens with two attached hydrogens (primary N) is 1. The van der Waals surface area contributed by atoms with Gasteiger partial charge in [0.2, 0.25) is 0 Å². The smallest absolute Gasteiger partial charge is 0.137 e. The molecule has 0 amide bonds. The van der Waals surface area contributed by atoms with Gasteiger partial charge in [0, 0.05) is 0 Å². The molecule has 1 aromatic rings. The zero-order valence-corrected chi connectivity index (χ0v) is 8.01. The van der Waals surface area contributed by atoms with E-state index in [-0.39, 0.29) is 0 Å². The molecule has 2 nitrogen and oxygen atoms in total. The molecule has 0 spiro atoms. The van der Waals surface area contributed by atoms with E-state index in [0.717, 1.165) is 0 Å². The summed E-state index contributed by atoms with van der Waals surface area (Å²) < 4.78 is 17.1. The maximum Gasteiger partial charge on any atom is 0.137 e. The lowest BCUT2D eigenvalue weighted by molar-refractivity contribution is 0.413. The lowest BCUT2D eigenvalue weighted by Crippen LogP contribution is -2.11. The van der Waals surface area contributed by atoms with Crippen LogP contribution >= 0.6 is 11.6 Å². The monoisotopic (exact) mass is 203 g/mol. The van der Waals surface area contributed by atoms with Crippen molar-refractivity contribution >= 4 is 11.6 Å². The van der Waals surface area contributed by atoms with Crippen molar-refractivity contribution in [3.05, 3.63) is 28.8 Å². The van der Waals surface area contributed by atoms with E-state index >= 15 is 0 Å². The van der Waals surface area contributed by atoms with Crippen molar-refractivity contribution in [2.75, 3.05) is 13.8 Å². The molecule has 0 radical (unpaired) electrons. The number of benzene rings is 1. The van der Waals surface area contributed by atoms with Crippen molar-refractivity contribution in [2.45, 2.75) is 6.04 Å². The Balaban J connectivity index is 2.95. The predicted octanol–water partition coefficient (Wildman–Crippen LogP) is 2.32. The summed E-state index contributed by atoms with van der Waals surface area (Å²) in [5.74, 6) is 0.566. The molecule has 13 heavy (non-hydrogen) atoms. The summed E-state index contributed by atoms with van der Waals surface area (Å²) in [5.41, 5.74) is 6.15. The SMILES string of the molecule is COc1ccc(C(N)CF)cc1Cl. The normalized spacial score (nSPS) is 12.6. The Labute approximate surface area is 81.4 Å². The molecule has 1 aromatic carbocycles. The van der Waals surface area contributed by atoms with Crippen LogP contribution in [-0.2, 0) is 0 Å². The lowest BCUT2D eigenvalue weighted by atomic mass is 10.1.